The van der Waals surface area contributed by atoms with Crippen LogP contribution in [0.2, 0.25) is 5.02 Å². The van der Waals surface area contributed by atoms with Crippen LogP contribution in [0.1, 0.15) is 22.3 Å². The maximum atomic E-state index is 12.4. The third-order valence-electron chi connectivity index (χ3n) is 4.69. The smallest absolute Gasteiger partial charge is 0.251 e. The minimum atomic E-state index is -0.210. The van der Waals surface area contributed by atoms with Crippen molar-refractivity contribution in [2.75, 3.05) is 32.7 Å². The molecule has 1 aliphatic heterocycles. The van der Waals surface area contributed by atoms with Gasteiger partial charge in [0.15, 0.2) is 0 Å². The summed E-state index contributed by atoms with van der Waals surface area (Å²) in [6.07, 6.45) is 0.311. The van der Waals surface area contributed by atoms with E-state index in [0.29, 0.717) is 23.6 Å². The van der Waals surface area contributed by atoms with E-state index in [1.165, 1.54) is 5.56 Å². The topological polar surface area (TPSA) is 52.7 Å². The van der Waals surface area contributed by atoms with Gasteiger partial charge >= 0.3 is 0 Å². The fourth-order valence-electron chi connectivity index (χ4n) is 3.17. The molecular weight excluding hydrogens is 362 g/mol. The van der Waals surface area contributed by atoms with E-state index in [-0.39, 0.29) is 11.8 Å². The molecule has 0 bridgehead atoms. The van der Waals surface area contributed by atoms with Crippen molar-refractivity contribution in [1.29, 1.82) is 0 Å². The van der Waals surface area contributed by atoms with Gasteiger partial charge < -0.3 is 10.2 Å². The van der Waals surface area contributed by atoms with Crippen molar-refractivity contribution >= 4 is 23.4 Å². The Kier molecular flexibility index (Phi) is 6.85. The third-order valence-corrected chi connectivity index (χ3v) is 4.92. The van der Waals surface area contributed by atoms with Crippen LogP contribution in [0, 0.1) is 0 Å². The molecule has 0 unspecified atom stereocenters. The molecule has 0 atom stereocenters. The van der Waals surface area contributed by atoms with Crippen molar-refractivity contribution < 1.29 is 9.59 Å². The van der Waals surface area contributed by atoms with E-state index in [1.807, 2.05) is 23.1 Å². The first kappa shape index (κ1) is 19.4. The van der Waals surface area contributed by atoms with Crippen LogP contribution in [0.4, 0.5) is 0 Å². The Morgan fingerprint density at radius 1 is 0.963 bits per heavy atom. The standard InChI is InChI=1S/C21H24ClN3O2/c22-19-8-4-7-18(15-19)21(27)23-10-9-20(26)25-13-11-24(12-14-25)16-17-5-2-1-3-6-17/h1-8,15H,9-14,16H2,(H,23,27). The molecule has 1 aliphatic rings. The zero-order valence-corrected chi connectivity index (χ0v) is 16.0. The zero-order chi connectivity index (χ0) is 19.1. The Morgan fingerprint density at radius 2 is 1.70 bits per heavy atom. The van der Waals surface area contributed by atoms with Crippen LogP contribution in [0.25, 0.3) is 0 Å². The molecule has 0 radical (unpaired) electrons. The van der Waals surface area contributed by atoms with E-state index >= 15 is 0 Å². The largest absolute Gasteiger partial charge is 0.352 e. The summed E-state index contributed by atoms with van der Waals surface area (Å²) >= 11 is 5.89. The van der Waals surface area contributed by atoms with E-state index in [9.17, 15) is 9.59 Å². The molecule has 2 aromatic carbocycles. The van der Waals surface area contributed by atoms with Crippen molar-refractivity contribution in [2.24, 2.45) is 0 Å². The summed E-state index contributed by atoms with van der Waals surface area (Å²) < 4.78 is 0. The van der Waals surface area contributed by atoms with Crippen LogP contribution in [-0.2, 0) is 11.3 Å². The SMILES string of the molecule is O=C(NCCC(=O)N1CCN(Cc2ccccc2)CC1)c1cccc(Cl)c1. The molecule has 6 heteroatoms. The summed E-state index contributed by atoms with van der Waals surface area (Å²) in [7, 11) is 0. The quantitative estimate of drug-likeness (QED) is 0.831. The molecule has 142 valence electrons. The highest BCUT2D eigenvalue weighted by Crippen LogP contribution is 2.11. The van der Waals surface area contributed by atoms with Crippen molar-refractivity contribution in [3.63, 3.8) is 0 Å². The molecule has 27 heavy (non-hydrogen) atoms. The number of piperazine rings is 1. The van der Waals surface area contributed by atoms with Crippen molar-refractivity contribution in [3.05, 3.63) is 70.7 Å². The lowest BCUT2D eigenvalue weighted by Gasteiger charge is -2.34. The van der Waals surface area contributed by atoms with E-state index < -0.39 is 0 Å². The third kappa shape index (κ3) is 5.81. The number of benzene rings is 2. The number of carbonyl (C=O) groups is 2. The number of nitrogens with one attached hydrogen (secondary N) is 1. The Labute approximate surface area is 164 Å². The number of nitrogens with zero attached hydrogens (tertiary/aromatic N) is 2. The predicted octanol–water partition coefficient (Wildman–Crippen LogP) is 2.80. The van der Waals surface area contributed by atoms with Crippen LogP contribution < -0.4 is 5.32 Å². The first-order valence-electron chi connectivity index (χ1n) is 9.19. The molecule has 0 spiro atoms. The number of hydrogen-bond donors (Lipinski definition) is 1. The van der Waals surface area contributed by atoms with Gasteiger partial charge in [-0.1, -0.05) is 48.0 Å². The first-order chi connectivity index (χ1) is 13.1. The van der Waals surface area contributed by atoms with Crippen molar-refractivity contribution in [3.8, 4) is 0 Å². The minimum Gasteiger partial charge on any atom is -0.352 e. The zero-order valence-electron chi connectivity index (χ0n) is 15.2. The number of halogens is 1. The van der Waals surface area contributed by atoms with Gasteiger partial charge in [-0.15, -0.1) is 0 Å². The lowest BCUT2D eigenvalue weighted by atomic mass is 10.2. The van der Waals surface area contributed by atoms with Gasteiger partial charge in [0.25, 0.3) is 5.91 Å². The molecule has 1 fully saturated rings. The van der Waals surface area contributed by atoms with E-state index in [1.54, 1.807) is 24.3 Å². The fraction of sp³-hybridized carbons (Fsp3) is 0.333. The second-order valence-electron chi connectivity index (χ2n) is 6.66. The molecule has 0 aromatic heterocycles. The molecule has 2 amide bonds. The molecule has 1 heterocycles. The van der Waals surface area contributed by atoms with E-state index in [4.69, 9.17) is 11.6 Å². The van der Waals surface area contributed by atoms with Crippen molar-refractivity contribution in [2.45, 2.75) is 13.0 Å². The van der Waals surface area contributed by atoms with E-state index in [2.05, 4.69) is 22.3 Å². The number of hydrogen-bond acceptors (Lipinski definition) is 3. The second kappa shape index (κ2) is 9.53. The predicted molar refractivity (Wildman–Crippen MR) is 107 cm³/mol. The molecule has 0 saturated carbocycles. The monoisotopic (exact) mass is 385 g/mol. The Balaban J connectivity index is 1.37. The van der Waals surface area contributed by atoms with Crippen LogP contribution in [0.3, 0.4) is 0 Å². The normalized spacial score (nSPS) is 14.8. The van der Waals surface area contributed by atoms with Gasteiger partial charge in [-0.3, -0.25) is 14.5 Å². The first-order valence-corrected chi connectivity index (χ1v) is 9.57. The lowest BCUT2D eigenvalue weighted by Crippen LogP contribution is -2.48. The van der Waals surface area contributed by atoms with Gasteiger partial charge in [-0.2, -0.15) is 0 Å². The highest BCUT2D eigenvalue weighted by Gasteiger charge is 2.21. The van der Waals surface area contributed by atoms with Gasteiger partial charge in [0.2, 0.25) is 5.91 Å². The van der Waals surface area contributed by atoms with Crippen LogP contribution in [-0.4, -0.2) is 54.3 Å². The number of rotatable bonds is 6. The summed E-state index contributed by atoms with van der Waals surface area (Å²) in [6.45, 7) is 4.44. The van der Waals surface area contributed by atoms with Crippen LogP contribution in [0.5, 0.6) is 0 Å². The van der Waals surface area contributed by atoms with Gasteiger partial charge in [-0.05, 0) is 23.8 Å². The van der Waals surface area contributed by atoms with Gasteiger partial charge in [0.05, 0.1) is 0 Å². The van der Waals surface area contributed by atoms with Gasteiger partial charge in [-0.25, -0.2) is 0 Å². The average molecular weight is 386 g/mol. The maximum absolute atomic E-state index is 12.4. The van der Waals surface area contributed by atoms with Crippen LogP contribution in [0.15, 0.2) is 54.6 Å². The summed E-state index contributed by atoms with van der Waals surface area (Å²) in [6, 6.07) is 17.1. The summed E-state index contributed by atoms with van der Waals surface area (Å²) in [4.78, 5) is 28.7. The minimum absolute atomic E-state index is 0.0840. The molecule has 5 nitrogen and oxygen atoms in total. The molecular formula is C21H24ClN3O2. The second-order valence-corrected chi connectivity index (χ2v) is 7.10. The van der Waals surface area contributed by atoms with E-state index in [0.717, 1.165) is 32.7 Å². The molecule has 1 saturated heterocycles. The van der Waals surface area contributed by atoms with Gasteiger partial charge in [0, 0.05) is 56.3 Å². The summed E-state index contributed by atoms with van der Waals surface area (Å²) in [5.74, 6) is -0.126. The molecule has 2 aromatic rings. The maximum Gasteiger partial charge on any atom is 0.251 e. The number of carbonyl (C=O) groups excluding carboxylic acids is 2. The van der Waals surface area contributed by atoms with Crippen LogP contribution >= 0.6 is 11.6 Å². The summed E-state index contributed by atoms with van der Waals surface area (Å²) in [5, 5.41) is 3.30. The molecule has 0 aliphatic carbocycles. The Bertz CT molecular complexity index is 774. The Hall–Kier alpha value is -2.37. The summed E-state index contributed by atoms with van der Waals surface area (Å²) in [5.41, 5.74) is 1.80. The van der Waals surface area contributed by atoms with Gasteiger partial charge in [0.1, 0.15) is 0 Å². The average Bonchev–Trinajstić information content (AvgIpc) is 2.69. The highest BCUT2D eigenvalue weighted by molar-refractivity contribution is 6.30. The lowest BCUT2D eigenvalue weighted by molar-refractivity contribution is -0.132. The highest BCUT2D eigenvalue weighted by atomic mass is 35.5. The number of amides is 2. The molecule has 3 rings (SSSR count). The van der Waals surface area contributed by atoms with Crippen molar-refractivity contribution in [1.82, 2.24) is 15.1 Å². The molecule has 1 N–H and O–H groups in total. The fourth-order valence-corrected chi connectivity index (χ4v) is 3.36. The Morgan fingerprint density at radius 3 is 2.41 bits per heavy atom.